The lowest BCUT2D eigenvalue weighted by Gasteiger charge is -2.08. The summed E-state index contributed by atoms with van der Waals surface area (Å²) >= 11 is 0. The number of hydrogen-bond acceptors (Lipinski definition) is 5. The molecule has 23 heavy (non-hydrogen) atoms. The molecule has 118 valence electrons. The predicted molar refractivity (Wildman–Crippen MR) is 86.7 cm³/mol. The molecule has 1 aromatic carbocycles. The van der Waals surface area contributed by atoms with Crippen LogP contribution in [0.15, 0.2) is 49.2 Å². The molecule has 0 unspecified atom stereocenters. The molecule has 0 saturated carbocycles. The average Bonchev–Trinajstić information content (AvgIpc) is 3.06. The summed E-state index contributed by atoms with van der Waals surface area (Å²) < 4.78 is 10.6. The van der Waals surface area contributed by atoms with Crippen LogP contribution in [0.2, 0.25) is 0 Å². The lowest BCUT2D eigenvalue weighted by atomic mass is 10.2. The molecule has 6 heteroatoms. The maximum absolute atomic E-state index is 11.9. The molecule has 1 aliphatic heterocycles. The molecular weight excluding hydrogens is 294 g/mol. The van der Waals surface area contributed by atoms with E-state index in [2.05, 4.69) is 22.2 Å². The summed E-state index contributed by atoms with van der Waals surface area (Å²) in [5.41, 5.74) is 2.24. The van der Waals surface area contributed by atoms with Crippen LogP contribution in [-0.4, -0.2) is 24.2 Å². The Morgan fingerprint density at radius 3 is 3.00 bits per heavy atom. The molecule has 0 aliphatic carbocycles. The number of fused-ring (bicyclic) bond motifs is 1. The van der Waals surface area contributed by atoms with Crippen LogP contribution in [0.3, 0.4) is 0 Å². The molecule has 0 spiro atoms. The van der Waals surface area contributed by atoms with Gasteiger partial charge in [0.1, 0.15) is 5.69 Å². The second kappa shape index (κ2) is 6.83. The molecule has 6 nitrogen and oxygen atoms in total. The highest BCUT2D eigenvalue weighted by molar-refractivity contribution is 5.93. The smallest absolute Gasteiger partial charge is 0.270 e. The fourth-order valence-electron chi connectivity index (χ4n) is 2.18. The molecule has 0 fully saturated rings. The monoisotopic (exact) mass is 311 g/mol. The zero-order valence-corrected chi connectivity index (χ0v) is 12.5. The highest BCUT2D eigenvalue weighted by atomic mass is 16.7. The summed E-state index contributed by atoms with van der Waals surface area (Å²) in [5, 5.41) is 5.97. The standard InChI is InChI=1S/C17H17N3O3/c1-2-6-19-17(21)14-9-13(5-7-18-14)20-10-12-3-4-15-16(8-12)23-11-22-15/h2-5,7-9H,1,6,10-11H2,(H,18,20)(H,19,21). The van der Waals surface area contributed by atoms with E-state index in [1.807, 2.05) is 24.3 Å². The molecule has 1 aliphatic rings. The highest BCUT2D eigenvalue weighted by Crippen LogP contribution is 2.32. The van der Waals surface area contributed by atoms with Gasteiger partial charge in [-0.1, -0.05) is 12.1 Å². The normalized spacial score (nSPS) is 11.8. The molecule has 2 heterocycles. The number of ether oxygens (including phenoxy) is 2. The van der Waals surface area contributed by atoms with Gasteiger partial charge in [0.05, 0.1) is 0 Å². The molecule has 0 atom stereocenters. The van der Waals surface area contributed by atoms with Crippen molar-refractivity contribution in [3.8, 4) is 11.5 Å². The average molecular weight is 311 g/mol. The van der Waals surface area contributed by atoms with Crippen molar-refractivity contribution in [2.75, 3.05) is 18.7 Å². The Morgan fingerprint density at radius 1 is 1.26 bits per heavy atom. The van der Waals surface area contributed by atoms with Crippen LogP contribution < -0.4 is 20.1 Å². The first-order chi connectivity index (χ1) is 11.3. The number of pyridine rings is 1. The summed E-state index contributed by atoms with van der Waals surface area (Å²) in [6, 6.07) is 9.33. The summed E-state index contributed by atoms with van der Waals surface area (Å²) in [4.78, 5) is 15.9. The number of anilines is 1. The van der Waals surface area contributed by atoms with Gasteiger partial charge in [-0.2, -0.15) is 0 Å². The van der Waals surface area contributed by atoms with E-state index in [0.29, 0.717) is 18.8 Å². The van der Waals surface area contributed by atoms with Crippen LogP contribution in [-0.2, 0) is 6.54 Å². The highest BCUT2D eigenvalue weighted by Gasteiger charge is 2.13. The van der Waals surface area contributed by atoms with Gasteiger partial charge in [-0.05, 0) is 29.8 Å². The van der Waals surface area contributed by atoms with Gasteiger partial charge in [-0.25, -0.2) is 0 Å². The third kappa shape index (κ3) is 3.60. The Balaban J connectivity index is 1.64. The molecular formula is C17H17N3O3. The van der Waals surface area contributed by atoms with Gasteiger partial charge in [-0.3, -0.25) is 9.78 Å². The van der Waals surface area contributed by atoms with Gasteiger partial charge in [0.2, 0.25) is 6.79 Å². The molecule has 1 aromatic heterocycles. The van der Waals surface area contributed by atoms with Crippen molar-refractivity contribution in [3.05, 3.63) is 60.4 Å². The number of rotatable bonds is 6. The van der Waals surface area contributed by atoms with E-state index >= 15 is 0 Å². The van der Waals surface area contributed by atoms with Crippen molar-refractivity contribution in [1.29, 1.82) is 0 Å². The number of nitrogens with one attached hydrogen (secondary N) is 2. The van der Waals surface area contributed by atoms with Gasteiger partial charge < -0.3 is 20.1 Å². The van der Waals surface area contributed by atoms with Crippen LogP contribution in [0.4, 0.5) is 5.69 Å². The van der Waals surface area contributed by atoms with Crippen molar-refractivity contribution in [1.82, 2.24) is 10.3 Å². The number of carbonyl (C=O) groups is 1. The van der Waals surface area contributed by atoms with Crippen LogP contribution in [0.5, 0.6) is 11.5 Å². The SMILES string of the molecule is C=CCNC(=O)c1cc(NCc2ccc3c(c2)OCO3)ccn1. The van der Waals surface area contributed by atoms with Gasteiger partial charge in [0.25, 0.3) is 5.91 Å². The Labute approximate surface area is 134 Å². The summed E-state index contributed by atoms with van der Waals surface area (Å²) in [5.74, 6) is 1.29. The molecule has 1 amide bonds. The minimum absolute atomic E-state index is 0.225. The number of nitrogens with zero attached hydrogens (tertiary/aromatic N) is 1. The Kier molecular flexibility index (Phi) is 4.42. The van der Waals surface area contributed by atoms with Crippen LogP contribution in [0.1, 0.15) is 16.1 Å². The van der Waals surface area contributed by atoms with E-state index in [1.165, 1.54) is 0 Å². The van der Waals surface area contributed by atoms with Gasteiger partial charge in [0, 0.05) is 25.0 Å². The number of aromatic nitrogens is 1. The van der Waals surface area contributed by atoms with E-state index in [-0.39, 0.29) is 12.7 Å². The van der Waals surface area contributed by atoms with E-state index < -0.39 is 0 Å². The molecule has 0 radical (unpaired) electrons. The van der Waals surface area contributed by atoms with Gasteiger partial charge >= 0.3 is 0 Å². The third-order valence-electron chi connectivity index (χ3n) is 3.33. The third-order valence-corrected chi connectivity index (χ3v) is 3.33. The van der Waals surface area contributed by atoms with Crippen LogP contribution in [0.25, 0.3) is 0 Å². The van der Waals surface area contributed by atoms with Crippen molar-refractivity contribution in [3.63, 3.8) is 0 Å². The Hall–Kier alpha value is -3.02. The van der Waals surface area contributed by atoms with Crippen LogP contribution >= 0.6 is 0 Å². The zero-order chi connectivity index (χ0) is 16.1. The maximum atomic E-state index is 11.9. The fraction of sp³-hybridized carbons (Fsp3) is 0.176. The molecule has 3 rings (SSSR count). The second-order valence-electron chi connectivity index (χ2n) is 4.97. The largest absolute Gasteiger partial charge is 0.454 e. The zero-order valence-electron chi connectivity index (χ0n) is 12.5. The fourth-order valence-corrected chi connectivity index (χ4v) is 2.18. The van der Waals surface area contributed by atoms with Gasteiger partial charge in [0.15, 0.2) is 11.5 Å². The van der Waals surface area contributed by atoms with Crippen LogP contribution in [0, 0.1) is 0 Å². The van der Waals surface area contributed by atoms with Crippen molar-refractivity contribution in [2.45, 2.75) is 6.54 Å². The molecule has 2 aromatic rings. The second-order valence-corrected chi connectivity index (χ2v) is 4.97. The lowest BCUT2D eigenvalue weighted by molar-refractivity contribution is 0.0953. The van der Waals surface area contributed by atoms with E-state index in [4.69, 9.17) is 9.47 Å². The number of amides is 1. The predicted octanol–water partition coefficient (Wildman–Crippen LogP) is 2.34. The summed E-state index contributed by atoms with van der Waals surface area (Å²) in [6.45, 7) is 4.85. The number of hydrogen-bond donors (Lipinski definition) is 2. The summed E-state index contributed by atoms with van der Waals surface area (Å²) in [7, 11) is 0. The Morgan fingerprint density at radius 2 is 2.13 bits per heavy atom. The van der Waals surface area contributed by atoms with Crippen molar-refractivity contribution >= 4 is 11.6 Å². The topological polar surface area (TPSA) is 72.5 Å². The maximum Gasteiger partial charge on any atom is 0.270 e. The minimum Gasteiger partial charge on any atom is -0.454 e. The first kappa shape index (κ1) is 14.9. The van der Waals surface area contributed by atoms with Crippen molar-refractivity contribution < 1.29 is 14.3 Å². The minimum atomic E-state index is -0.225. The lowest BCUT2D eigenvalue weighted by Crippen LogP contribution is -2.24. The van der Waals surface area contributed by atoms with E-state index in [0.717, 1.165) is 22.7 Å². The Bertz CT molecular complexity index is 731. The first-order valence-electron chi connectivity index (χ1n) is 7.24. The summed E-state index contributed by atoms with van der Waals surface area (Å²) in [6.07, 6.45) is 3.23. The molecule has 0 saturated heterocycles. The molecule has 2 N–H and O–H groups in total. The number of carbonyl (C=O) groups excluding carboxylic acids is 1. The van der Waals surface area contributed by atoms with E-state index in [1.54, 1.807) is 18.3 Å². The van der Waals surface area contributed by atoms with Gasteiger partial charge in [-0.15, -0.1) is 6.58 Å². The van der Waals surface area contributed by atoms with E-state index in [9.17, 15) is 4.79 Å². The molecule has 0 bridgehead atoms. The first-order valence-corrected chi connectivity index (χ1v) is 7.24. The number of benzene rings is 1. The van der Waals surface area contributed by atoms with Crippen molar-refractivity contribution in [2.24, 2.45) is 0 Å². The quantitative estimate of drug-likeness (QED) is 0.801.